The van der Waals surface area contributed by atoms with Gasteiger partial charge in [-0.05, 0) is 6.54 Å². The predicted octanol–water partition coefficient (Wildman–Crippen LogP) is -0.148. The Morgan fingerprint density at radius 3 is 2.13 bits per heavy atom. The van der Waals surface area contributed by atoms with Crippen LogP contribution in [-0.2, 0) is 0 Å². The molecule has 0 aliphatic rings. The second-order valence-electron chi connectivity index (χ2n) is 2.72. The van der Waals surface area contributed by atoms with Gasteiger partial charge in [-0.1, -0.05) is 13.8 Å². The van der Waals surface area contributed by atoms with E-state index in [0.29, 0.717) is 19.5 Å². The molecule has 0 heterocycles. The van der Waals surface area contributed by atoms with Crippen LogP contribution >= 0.6 is 0 Å². The zero-order chi connectivity index (χ0) is 12.3. The fraction of sp³-hybridized carbons (Fsp3) is 0.600. The van der Waals surface area contributed by atoms with Crippen LogP contribution < -0.4 is 22.9 Å². The summed E-state index contributed by atoms with van der Waals surface area (Å²) >= 11 is 0. The lowest BCUT2D eigenvalue weighted by Crippen LogP contribution is -2.21. The van der Waals surface area contributed by atoms with E-state index in [0.717, 1.165) is 11.4 Å². The highest BCUT2D eigenvalue weighted by Gasteiger charge is 1.98. The minimum absolute atomic E-state index is 0.388. The van der Waals surface area contributed by atoms with Gasteiger partial charge in [0.1, 0.15) is 0 Å². The molecule has 5 heteroatoms. The summed E-state index contributed by atoms with van der Waals surface area (Å²) in [7, 11) is 1.84. The first-order valence-electron chi connectivity index (χ1n) is 5.15. The molecule has 8 N–H and O–H groups in total. The van der Waals surface area contributed by atoms with E-state index >= 15 is 0 Å². The third-order valence-corrected chi connectivity index (χ3v) is 1.65. The Morgan fingerprint density at radius 1 is 1.27 bits per heavy atom. The van der Waals surface area contributed by atoms with E-state index in [4.69, 9.17) is 22.9 Å². The molecule has 0 aliphatic heterocycles. The average molecular weight is 215 g/mol. The summed E-state index contributed by atoms with van der Waals surface area (Å²) in [6, 6.07) is 0. The molecule has 0 aromatic carbocycles. The van der Waals surface area contributed by atoms with Crippen molar-refractivity contribution in [3.05, 3.63) is 23.8 Å². The smallest absolute Gasteiger partial charge is 0.0466 e. The molecule has 0 atom stereocenters. The summed E-state index contributed by atoms with van der Waals surface area (Å²) in [5.74, 6) is 0. The maximum Gasteiger partial charge on any atom is 0.0466 e. The van der Waals surface area contributed by atoms with E-state index in [-0.39, 0.29) is 0 Å². The van der Waals surface area contributed by atoms with Crippen molar-refractivity contribution in [3.63, 3.8) is 0 Å². The van der Waals surface area contributed by atoms with Gasteiger partial charge >= 0.3 is 0 Å². The number of nitrogens with two attached hydrogens (primary N) is 4. The Labute approximate surface area is 92.8 Å². The third kappa shape index (κ3) is 7.84. The Morgan fingerprint density at radius 2 is 1.80 bits per heavy atom. The van der Waals surface area contributed by atoms with Crippen LogP contribution in [0.2, 0.25) is 0 Å². The van der Waals surface area contributed by atoms with Gasteiger partial charge in [-0.15, -0.1) is 0 Å². The summed E-state index contributed by atoms with van der Waals surface area (Å²) in [5.41, 5.74) is 23.3. The van der Waals surface area contributed by atoms with Gasteiger partial charge in [0.25, 0.3) is 0 Å². The maximum atomic E-state index is 5.66. The first kappa shape index (κ1) is 16.2. The van der Waals surface area contributed by atoms with Gasteiger partial charge in [0.15, 0.2) is 0 Å². The van der Waals surface area contributed by atoms with E-state index in [1.807, 2.05) is 20.9 Å². The Balaban J connectivity index is 0. The molecule has 0 saturated carbocycles. The van der Waals surface area contributed by atoms with Gasteiger partial charge in [-0.2, -0.15) is 0 Å². The van der Waals surface area contributed by atoms with Crippen molar-refractivity contribution in [1.82, 2.24) is 4.90 Å². The second kappa shape index (κ2) is 10.9. The zero-order valence-electron chi connectivity index (χ0n) is 10.0. The van der Waals surface area contributed by atoms with E-state index in [2.05, 4.69) is 0 Å². The van der Waals surface area contributed by atoms with Gasteiger partial charge in [0.2, 0.25) is 0 Å². The lowest BCUT2D eigenvalue weighted by atomic mass is 10.3. The van der Waals surface area contributed by atoms with Crippen molar-refractivity contribution in [1.29, 1.82) is 0 Å². The monoisotopic (exact) mass is 215 g/mol. The van der Waals surface area contributed by atoms with Gasteiger partial charge in [0.05, 0.1) is 0 Å². The van der Waals surface area contributed by atoms with Crippen LogP contribution in [0.3, 0.4) is 0 Å². The largest absolute Gasteiger partial charge is 0.403 e. The molecule has 0 rings (SSSR count). The molecule has 15 heavy (non-hydrogen) atoms. The summed E-state index contributed by atoms with van der Waals surface area (Å²) in [6.45, 7) is 4.93. The van der Waals surface area contributed by atoms with Crippen LogP contribution in [0.15, 0.2) is 23.8 Å². The summed E-state index contributed by atoms with van der Waals surface area (Å²) in [4.78, 5) is 1.80. The van der Waals surface area contributed by atoms with Gasteiger partial charge < -0.3 is 27.8 Å². The number of hydrogen-bond acceptors (Lipinski definition) is 5. The zero-order valence-corrected chi connectivity index (χ0v) is 10.0. The van der Waals surface area contributed by atoms with Gasteiger partial charge in [0, 0.05) is 43.8 Å². The second-order valence-corrected chi connectivity index (χ2v) is 2.72. The number of nitrogens with zero attached hydrogens (tertiary/aromatic N) is 1. The molecule has 0 saturated heterocycles. The fourth-order valence-corrected chi connectivity index (χ4v) is 0.892. The van der Waals surface area contributed by atoms with E-state index < -0.39 is 0 Å². The molecule has 0 aromatic rings. The average Bonchev–Trinajstić information content (AvgIpc) is 2.22. The quantitative estimate of drug-likeness (QED) is 0.510. The molecule has 0 fully saturated rings. The van der Waals surface area contributed by atoms with Crippen LogP contribution in [0.25, 0.3) is 0 Å². The molecule has 0 bridgehead atoms. The third-order valence-electron chi connectivity index (χ3n) is 1.65. The Bertz CT molecular complexity index is 198. The van der Waals surface area contributed by atoms with E-state index in [1.54, 1.807) is 11.1 Å². The van der Waals surface area contributed by atoms with Crippen LogP contribution in [0.5, 0.6) is 0 Å². The predicted molar refractivity (Wildman–Crippen MR) is 66.4 cm³/mol. The van der Waals surface area contributed by atoms with E-state index in [1.165, 1.54) is 6.20 Å². The molecule has 5 nitrogen and oxygen atoms in total. The fourth-order valence-electron chi connectivity index (χ4n) is 0.892. The number of hydrogen-bond donors (Lipinski definition) is 4. The molecule has 0 spiro atoms. The molecule has 0 amide bonds. The van der Waals surface area contributed by atoms with Gasteiger partial charge in [-0.25, -0.2) is 0 Å². The number of likely N-dealkylation sites (N-methyl/N-ethyl adjacent to an activating group) is 1. The van der Waals surface area contributed by atoms with Crippen LogP contribution in [0.1, 0.15) is 20.3 Å². The molecule has 0 unspecified atom stereocenters. The minimum atomic E-state index is 0.388. The standard InChI is InChI=1S/C8H19N5.C2H6/c1-13(8(4-10)5-11)6-7(12)2-3-9;1-2/h4,6H,2-3,5,9-12H2,1H3;1-2H3/b7-6+,8-4-;. The van der Waals surface area contributed by atoms with Gasteiger partial charge in [-0.3, -0.25) is 0 Å². The van der Waals surface area contributed by atoms with Crippen molar-refractivity contribution >= 4 is 0 Å². The van der Waals surface area contributed by atoms with Crippen LogP contribution in [0, 0.1) is 0 Å². The number of rotatable bonds is 5. The topological polar surface area (TPSA) is 107 Å². The van der Waals surface area contributed by atoms with Crippen molar-refractivity contribution in [2.75, 3.05) is 20.1 Å². The lowest BCUT2D eigenvalue weighted by molar-refractivity contribution is 0.545. The van der Waals surface area contributed by atoms with Crippen LogP contribution in [0.4, 0.5) is 0 Å². The summed E-state index contributed by atoms with van der Waals surface area (Å²) in [5, 5.41) is 0. The minimum Gasteiger partial charge on any atom is -0.403 e. The van der Waals surface area contributed by atoms with Crippen LogP contribution in [-0.4, -0.2) is 25.0 Å². The summed E-state index contributed by atoms with van der Waals surface area (Å²) < 4.78 is 0. The molecule has 0 aromatic heterocycles. The molecule has 90 valence electrons. The Hall–Kier alpha value is -1.20. The van der Waals surface area contributed by atoms with Crippen molar-refractivity contribution in [3.8, 4) is 0 Å². The molecular formula is C10H25N5. The molecule has 0 radical (unpaired) electrons. The molecule has 0 aliphatic carbocycles. The highest BCUT2D eigenvalue weighted by molar-refractivity contribution is 5.07. The lowest BCUT2D eigenvalue weighted by Gasteiger charge is -2.17. The summed E-state index contributed by atoms with van der Waals surface area (Å²) in [6.07, 6.45) is 3.91. The normalized spacial score (nSPS) is 11.8. The highest BCUT2D eigenvalue weighted by Crippen LogP contribution is 2.01. The van der Waals surface area contributed by atoms with Crippen molar-refractivity contribution in [2.24, 2.45) is 22.9 Å². The van der Waals surface area contributed by atoms with Crippen molar-refractivity contribution in [2.45, 2.75) is 20.3 Å². The SMILES string of the molecule is CC.CN(/C=C(/N)CCN)/C(=C\N)CN. The first-order chi connectivity index (χ1) is 7.15. The maximum absolute atomic E-state index is 5.66. The van der Waals surface area contributed by atoms with E-state index in [9.17, 15) is 0 Å². The first-order valence-corrected chi connectivity index (χ1v) is 5.15. The molecular weight excluding hydrogens is 190 g/mol. The highest BCUT2D eigenvalue weighted by atomic mass is 15.1. The van der Waals surface area contributed by atoms with Crippen molar-refractivity contribution < 1.29 is 0 Å². The Kier molecular flexibility index (Phi) is 11.8.